The van der Waals surface area contributed by atoms with Crippen LogP contribution >= 0.6 is 23.8 Å². The van der Waals surface area contributed by atoms with Gasteiger partial charge in [0.2, 0.25) is 0 Å². The Kier molecular flexibility index (Phi) is 7.84. The van der Waals surface area contributed by atoms with Crippen LogP contribution in [0.25, 0.3) is 0 Å². The molecule has 9 heteroatoms. The van der Waals surface area contributed by atoms with Crippen LogP contribution in [0.15, 0.2) is 48.5 Å². The number of benzene rings is 2. The molecule has 0 atom stereocenters. The molecule has 0 radical (unpaired) electrons. The van der Waals surface area contributed by atoms with Gasteiger partial charge in [0.05, 0.1) is 18.7 Å². The highest BCUT2D eigenvalue weighted by Gasteiger charge is 2.13. The van der Waals surface area contributed by atoms with E-state index in [1.165, 1.54) is 0 Å². The Hall–Kier alpha value is -2.84. The number of hydrogen-bond donors (Lipinski definition) is 4. The molecule has 0 saturated carbocycles. The van der Waals surface area contributed by atoms with Gasteiger partial charge in [0, 0.05) is 10.7 Å². The fourth-order valence-corrected chi connectivity index (χ4v) is 2.35. The Bertz CT molecular complexity index is 815. The van der Waals surface area contributed by atoms with Crippen molar-refractivity contribution in [3.63, 3.8) is 0 Å². The average molecular weight is 407 g/mol. The number of amides is 2. The predicted octanol–water partition coefficient (Wildman–Crippen LogP) is 2.49. The zero-order valence-corrected chi connectivity index (χ0v) is 16.1. The first-order valence-electron chi connectivity index (χ1n) is 8.11. The second-order valence-corrected chi connectivity index (χ2v) is 6.09. The Morgan fingerprint density at radius 2 is 1.78 bits per heavy atom. The van der Waals surface area contributed by atoms with Gasteiger partial charge in [0.25, 0.3) is 11.8 Å². The lowest BCUT2D eigenvalue weighted by molar-refractivity contribution is -0.120. The number of carbonyl (C=O) groups excluding carboxylic acids is 2. The molecule has 27 heavy (non-hydrogen) atoms. The van der Waals surface area contributed by atoms with E-state index in [1.807, 2.05) is 6.92 Å². The molecule has 2 amide bonds. The van der Waals surface area contributed by atoms with E-state index in [0.29, 0.717) is 28.6 Å². The number of hydrazine groups is 1. The normalized spacial score (nSPS) is 9.85. The van der Waals surface area contributed by atoms with Gasteiger partial charge in [-0.05, 0) is 55.5 Å². The highest BCUT2D eigenvalue weighted by Crippen LogP contribution is 2.17. The van der Waals surface area contributed by atoms with Gasteiger partial charge in [0.15, 0.2) is 5.11 Å². The Morgan fingerprint density at radius 3 is 2.48 bits per heavy atom. The molecule has 0 bridgehead atoms. The maximum absolute atomic E-state index is 12.2. The van der Waals surface area contributed by atoms with Gasteiger partial charge in [-0.1, -0.05) is 23.7 Å². The largest absolute Gasteiger partial charge is 0.493 e. The minimum Gasteiger partial charge on any atom is -0.493 e. The lowest BCUT2D eigenvalue weighted by atomic mass is 10.2. The van der Waals surface area contributed by atoms with Crippen LogP contribution in [0.4, 0.5) is 5.69 Å². The van der Waals surface area contributed by atoms with Gasteiger partial charge in [-0.2, -0.15) is 0 Å². The van der Waals surface area contributed by atoms with Crippen molar-refractivity contribution in [1.82, 2.24) is 16.2 Å². The van der Waals surface area contributed by atoms with Crippen LogP contribution < -0.4 is 26.2 Å². The summed E-state index contributed by atoms with van der Waals surface area (Å²) in [6.07, 6.45) is 0. The molecule has 142 valence electrons. The summed E-state index contributed by atoms with van der Waals surface area (Å²) in [7, 11) is 0. The number of halogens is 1. The van der Waals surface area contributed by atoms with Crippen molar-refractivity contribution in [1.29, 1.82) is 0 Å². The highest BCUT2D eigenvalue weighted by molar-refractivity contribution is 7.80. The van der Waals surface area contributed by atoms with E-state index in [9.17, 15) is 9.59 Å². The van der Waals surface area contributed by atoms with Crippen molar-refractivity contribution in [2.24, 2.45) is 0 Å². The second-order valence-electron chi connectivity index (χ2n) is 5.25. The van der Waals surface area contributed by atoms with Gasteiger partial charge >= 0.3 is 0 Å². The van der Waals surface area contributed by atoms with Crippen LogP contribution in [0.1, 0.15) is 17.3 Å². The van der Waals surface area contributed by atoms with E-state index in [0.717, 1.165) is 0 Å². The maximum atomic E-state index is 12.2. The molecule has 0 aromatic heterocycles. The number of carbonyl (C=O) groups is 2. The lowest BCUT2D eigenvalue weighted by Crippen LogP contribution is -2.47. The summed E-state index contributed by atoms with van der Waals surface area (Å²) in [4.78, 5) is 24.1. The van der Waals surface area contributed by atoms with Gasteiger partial charge in [0.1, 0.15) is 5.75 Å². The quantitative estimate of drug-likeness (QED) is 0.435. The summed E-state index contributed by atoms with van der Waals surface area (Å²) in [6.45, 7) is 2.04. The molecule has 0 spiro atoms. The van der Waals surface area contributed by atoms with E-state index in [-0.39, 0.29) is 11.7 Å². The van der Waals surface area contributed by atoms with Crippen molar-refractivity contribution in [3.05, 3.63) is 59.1 Å². The molecule has 0 unspecified atom stereocenters. The van der Waals surface area contributed by atoms with Crippen LogP contribution in [0.3, 0.4) is 0 Å². The molecule has 2 rings (SSSR count). The molecule has 4 N–H and O–H groups in total. The minimum atomic E-state index is -0.461. The topological polar surface area (TPSA) is 91.5 Å². The number of para-hydroxylation sites is 1. The number of nitrogens with one attached hydrogen (secondary N) is 4. The zero-order chi connectivity index (χ0) is 19.6. The second kappa shape index (κ2) is 10.3. The van der Waals surface area contributed by atoms with Gasteiger partial charge in [-0.25, -0.2) is 0 Å². The van der Waals surface area contributed by atoms with E-state index in [4.69, 9.17) is 28.6 Å². The summed E-state index contributed by atoms with van der Waals surface area (Å²) in [5.41, 5.74) is 6.02. The van der Waals surface area contributed by atoms with Crippen LogP contribution in [-0.2, 0) is 4.79 Å². The number of hydrogen-bond acceptors (Lipinski definition) is 4. The Morgan fingerprint density at radius 1 is 1.07 bits per heavy atom. The average Bonchev–Trinajstić information content (AvgIpc) is 2.67. The molecule has 0 aliphatic carbocycles. The first-order valence-corrected chi connectivity index (χ1v) is 8.89. The van der Waals surface area contributed by atoms with Crippen LogP contribution in [0.5, 0.6) is 5.75 Å². The van der Waals surface area contributed by atoms with Crippen LogP contribution in [0, 0.1) is 0 Å². The minimum absolute atomic E-state index is 0.193. The van der Waals surface area contributed by atoms with E-state index in [2.05, 4.69) is 21.5 Å². The number of rotatable bonds is 6. The van der Waals surface area contributed by atoms with Gasteiger partial charge in [-0.3, -0.25) is 20.4 Å². The number of thiocarbonyl (C=S) groups is 1. The van der Waals surface area contributed by atoms with Gasteiger partial charge < -0.3 is 15.4 Å². The van der Waals surface area contributed by atoms with Crippen molar-refractivity contribution in [2.45, 2.75) is 6.92 Å². The van der Waals surface area contributed by atoms with Gasteiger partial charge in [-0.15, -0.1) is 0 Å². The molecular weight excluding hydrogens is 388 g/mol. The zero-order valence-electron chi connectivity index (χ0n) is 14.5. The molecule has 7 nitrogen and oxygen atoms in total. The van der Waals surface area contributed by atoms with Crippen LogP contribution in [0.2, 0.25) is 5.02 Å². The molecule has 0 fully saturated rings. The lowest BCUT2D eigenvalue weighted by Gasteiger charge is -2.13. The van der Waals surface area contributed by atoms with E-state index < -0.39 is 11.8 Å². The third-order valence-electron chi connectivity index (χ3n) is 3.26. The van der Waals surface area contributed by atoms with Crippen molar-refractivity contribution < 1.29 is 14.3 Å². The summed E-state index contributed by atoms with van der Waals surface area (Å²) in [6, 6.07) is 13.7. The summed E-state index contributed by atoms with van der Waals surface area (Å²) >= 11 is 10.9. The van der Waals surface area contributed by atoms with Crippen molar-refractivity contribution >= 4 is 46.4 Å². The van der Waals surface area contributed by atoms with Crippen molar-refractivity contribution in [3.8, 4) is 5.75 Å². The third kappa shape index (κ3) is 6.76. The number of anilines is 1. The molecule has 0 aliphatic heterocycles. The summed E-state index contributed by atoms with van der Waals surface area (Å²) in [5.74, 6) is -0.405. The fraction of sp³-hybridized carbons (Fsp3) is 0.167. The van der Waals surface area contributed by atoms with Crippen molar-refractivity contribution in [2.75, 3.05) is 18.5 Å². The van der Waals surface area contributed by atoms with Crippen LogP contribution in [-0.4, -0.2) is 30.1 Å². The fourth-order valence-electron chi connectivity index (χ4n) is 2.06. The summed E-state index contributed by atoms with van der Waals surface area (Å²) in [5, 5.41) is 6.21. The molecule has 2 aromatic rings. The molecule has 0 saturated heterocycles. The summed E-state index contributed by atoms with van der Waals surface area (Å²) < 4.78 is 5.40. The number of ether oxygens (including phenoxy) is 1. The molecular formula is C18H19ClN4O3S. The first kappa shape index (κ1) is 20.5. The monoisotopic (exact) mass is 406 g/mol. The molecule has 0 aliphatic rings. The van der Waals surface area contributed by atoms with E-state index >= 15 is 0 Å². The standard InChI is InChI=1S/C18H19ClN4O3S/c1-2-26-15-6-4-3-5-14(15)17(25)20-11-16(24)22-23-18(27)21-13-9-7-12(19)8-10-13/h3-10H,2,11H2,1H3,(H,20,25)(H,22,24)(H2,21,23,27). The Balaban J connectivity index is 1.76. The first-order chi connectivity index (χ1) is 13.0. The van der Waals surface area contributed by atoms with E-state index in [1.54, 1.807) is 48.5 Å². The molecule has 2 aromatic carbocycles. The predicted molar refractivity (Wildman–Crippen MR) is 109 cm³/mol. The SMILES string of the molecule is CCOc1ccccc1C(=O)NCC(=O)NNC(=S)Nc1ccc(Cl)cc1. The Labute approximate surface area is 167 Å². The highest BCUT2D eigenvalue weighted by atomic mass is 35.5. The molecule has 0 heterocycles. The third-order valence-corrected chi connectivity index (χ3v) is 3.71. The smallest absolute Gasteiger partial charge is 0.257 e. The maximum Gasteiger partial charge on any atom is 0.257 e.